The minimum absolute atomic E-state index is 0.0959. The highest BCUT2D eigenvalue weighted by atomic mass is 32.2. The molecule has 0 spiro atoms. The predicted molar refractivity (Wildman–Crippen MR) is 79.4 cm³/mol. The third-order valence-electron chi connectivity index (χ3n) is 3.90. The summed E-state index contributed by atoms with van der Waals surface area (Å²) in [5.74, 6) is 0.386. The van der Waals surface area contributed by atoms with Gasteiger partial charge in [-0.1, -0.05) is 33.8 Å². The summed E-state index contributed by atoms with van der Waals surface area (Å²) in [6, 6.07) is 4.94. The average Bonchev–Trinajstić information content (AvgIpc) is 2.30. The first kappa shape index (κ1) is 16.0. The van der Waals surface area contributed by atoms with Gasteiger partial charge in [0.05, 0.1) is 4.90 Å². The fourth-order valence-electron chi connectivity index (χ4n) is 1.49. The van der Waals surface area contributed by atoms with E-state index in [0.29, 0.717) is 23.7 Å². The summed E-state index contributed by atoms with van der Waals surface area (Å²) in [7, 11) is -3.51. The van der Waals surface area contributed by atoms with Crippen LogP contribution in [-0.4, -0.2) is 15.0 Å². The summed E-state index contributed by atoms with van der Waals surface area (Å²) in [5, 5.41) is 0. The average molecular weight is 284 g/mol. The molecule has 1 aromatic rings. The van der Waals surface area contributed by atoms with Gasteiger partial charge in [0.1, 0.15) is 0 Å². The number of benzene rings is 1. The largest absolute Gasteiger partial charge is 0.398 e. The van der Waals surface area contributed by atoms with E-state index in [9.17, 15) is 8.42 Å². The Hall–Kier alpha value is -1.07. The lowest BCUT2D eigenvalue weighted by atomic mass is 9.81. The Kier molecular flexibility index (Phi) is 4.63. The zero-order valence-corrected chi connectivity index (χ0v) is 13.1. The second-order valence-corrected chi connectivity index (χ2v) is 7.67. The molecule has 0 radical (unpaired) electrons. The van der Waals surface area contributed by atoms with Crippen LogP contribution in [0.4, 0.5) is 5.69 Å². The topological polar surface area (TPSA) is 72.2 Å². The monoisotopic (exact) mass is 284 g/mol. The van der Waals surface area contributed by atoms with Crippen molar-refractivity contribution < 1.29 is 8.42 Å². The van der Waals surface area contributed by atoms with Crippen LogP contribution in [-0.2, 0) is 10.0 Å². The molecule has 108 valence electrons. The van der Waals surface area contributed by atoms with E-state index in [4.69, 9.17) is 5.73 Å². The molecule has 0 aromatic heterocycles. The van der Waals surface area contributed by atoms with Gasteiger partial charge in [0.15, 0.2) is 0 Å². The quantitative estimate of drug-likeness (QED) is 0.816. The maximum absolute atomic E-state index is 12.3. The number of nitrogen functional groups attached to an aromatic ring is 1. The lowest BCUT2D eigenvalue weighted by molar-refractivity contribution is 0.252. The minimum Gasteiger partial charge on any atom is -0.398 e. The Morgan fingerprint density at radius 2 is 1.89 bits per heavy atom. The van der Waals surface area contributed by atoms with Crippen LogP contribution in [0.1, 0.15) is 33.3 Å². The number of sulfonamides is 1. The SMILES string of the molecule is Cc1c(N)cccc1S(=O)(=O)NCC(C)(C)C(C)C. The highest BCUT2D eigenvalue weighted by Gasteiger charge is 2.26. The van der Waals surface area contributed by atoms with Crippen LogP contribution in [0, 0.1) is 18.3 Å². The van der Waals surface area contributed by atoms with Gasteiger partial charge in [0.25, 0.3) is 0 Å². The van der Waals surface area contributed by atoms with Gasteiger partial charge < -0.3 is 5.73 Å². The van der Waals surface area contributed by atoms with Crippen LogP contribution >= 0.6 is 0 Å². The maximum atomic E-state index is 12.3. The zero-order valence-electron chi connectivity index (χ0n) is 12.3. The molecule has 0 amide bonds. The first-order chi connectivity index (χ1) is 8.58. The predicted octanol–water partition coefficient (Wildman–Crippen LogP) is 2.54. The van der Waals surface area contributed by atoms with Gasteiger partial charge in [0.2, 0.25) is 10.0 Å². The molecular weight excluding hydrogens is 260 g/mol. The van der Waals surface area contributed by atoms with E-state index in [1.165, 1.54) is 0 Å². The summed E-state index contributed by atoms with van der Waals surface area (Å²) in [6.07, 6.45) is 0. The van der Waals surface area contributed by atoms with Gasteiger partial charge >= 0.3 is 0 Å². The highest BCUT2D eigenvalue weighted by Crippen LogP contribution is 2.26. The molecule has 0 aliphatic heterocycles. The van der Waals surface area contributed by atoms with Crippen molar-refractivity contribution in [1.29, 1.82) is 0 Å². The Balaban J connectivity index is 2.97. The van der Waals surface area contributed by atoms with E-state index in [2.05, 4.69) is 18.6 Å². The summed E-state index contributed by atoms with van der Waals surface area (Å²) >= 11 is 0. The molecule has 0 heterocycles. The number of nitrogens with two attached hydrogens (primary N) is 1. The number of hydrogen-bond donors (Lipinski definition) is 2. The molecule has 4 nitrogen and oxygen atoms in total. The van der Waals surface area contributed by atoms with Crippen LogP contribution in [0.5, 0.6) is 0 Å². The van der Waals surface area contributed by atoms with Crippen molar-refractivity contribution in [3.05, 3.63) is 23.8 Å². The van der Waals surface area contributed by atoms with Crippen LogP contribution in [0.15, 0.2) is 23.1 Å². The minimum atomic E-state index is -3.51. The summed E-state index contributed by atoms with van der Waals surface area (Å²) in [4.78, 5) is 0.257. The second kappa shape index (κ2) is 5.51. The van der Waals surface area contributed by atoms with Crippen molar-refractivity contribution in [2.24, 2.45) is 11.3 Å². The standard InChI is InChI=1S/C14H24N2O2S/c1-10(2)14(4,5)9-16-19(17,18)13-8-6-7-12(15)11(13)3/h6-8,10,16H,9,15H2,1-5H3. The first-order valence-corrected chi connectivity index (χ1v) is 7.91. The van der Waals surface area contributed by atoms with E-state index in [-0.39, 0.29) is 10.3 Å². The third-order valence-corrected chi connectivity index (χ3v) is 5.44. The van der Waals surface area contributed by atoms with Crippen LogP contribution < -0.4 is 10.5 Å². The Morgan fingerprint density at radius 3 is 2.42 bits per heavy atom. The normalized spacial score (nSPS) is 12.9. The lowest BCUT2D eigenvalue weighted by Crippen LogP contribution is -2.37. The first-order valence-electron chi connectivity index (χ1n) is 6.42. The van der Waals surface area contributed by atoms with E-state index in [1.54, 1.807) is 25.1 Å². The molecule has 3 N–H and O–H groups in total. The highest BCUT2D eigenvalue weighted by molar-refractivity contribution is 7.89. The van der Waals surface area contributed by atoms with Gasteiger partial charge in [-0.25, -0.2) is 13.1 Å². The molecule has 0 saturated heterocycles. The fraction of sp³-hybridized carbons (Fsp3) is 0.571. The van der Waals surface area contributed by atoms with Gasteiger partial charge in [-0.2, -0.15) is 0 Å². The molecule has 1 aromatic carbocycles. The van der Waals surface area contributed by atoms with Crippen LogP contribution in [0.3, 0.4) is 0 Å². The van der Waals surface area contributed by atoms with Crippen molar-refractivity contribution in [3.63, 3.8) is 0 Å². The third kappa shape index (κ3) is 3.70. The molecule has 5 heteroatoms. The molecule has 0 fully saturated rings. The Labute approximate surface area is 116 Å². The molecule has 0 unspecified atom stereocenters. The molecule has 19 heavy (non-hydrogen) atoms. The van der Waals surface area contributed by atoms with Crippen LogP contribution in [0.2, 0.25) is 0 Å². The second-order valence-electron chi connectivity index (χ2n) is 5.94. The van der Waals surface area contributed by atoms with Crippen molar-refractivity contribution in [2.45, 2.75) is 39.5 Å². The van der Waals surface area contributed by atoms with Gasteiger partial charge in [-0.3, -0.25) is 0 Å². The molecular formula is C14H24N2O2S. The summed E-state index contributed by atoms with van der Waals surface area (Å²) < 4.78 is 27.3. The molecule has 0 atom stereocenters. The van der Waals surface area contributed by atoms with Crippen molar-refractivity contribution >= 4 is 15.7 Å². The smallest absolute Gasteiger partial charge is 0.240 e. The number of anilines is 1. The summed E-state index contributed by atoms with van der Waals surface area (Å²) in [5.41, 5.74) is 6.75. The number of nitrogens with one attached hydrogen (secondary N) is 1. The fourth-order valence-corrected chi connectivity index (χ4v) is 2.98. The number of rotatable bonds is 5. The summed E-state index contributed by atoms with van der Waals surface area (Å²) in [6.45, 7) is 10.4. The Morgan fingerprint density at radius 1 is 1.32 bits per heavy atom. The zero-order chi connectivity index (χ0) is 14.8. The molecule has 0 aliphatic rings. The van der Waals surface area contributed by atoms with Crippen molar-refractivity contribution in [2.75, 3.05) is 12.3 Å². The lowest BCUT2D eigenvalue weighted by Gasteiger charge is -2.29. The van der Waals surface area contributed by atoms with Crippen molar-refractivity contribution in [3.8, 4) is 0 Å². The van der Waals surface area contributed by atoms with Gasteiger partial charge in [-0.05, 0) is 36.0 Å². The van der Waals surface area contributed by atoms with E-state index >= 15 is 0 Å². The van der Waals surface area contributed by atoms with Gasteiger partial charge in [0, 0.05) is 12.2 Å². The van der Waals surface area contributed by atoms with E-state index < -0.39 is 10.0 Å². The van der Waals surface area contributed by atoms with Gasteiger partial charge in [-0.15, -0.1) is 0 Å². The molecule has 0 bridgehead atoms. The maximum Gasteiger partial charge on any atom is 0.240 e. The van der Waals surface area contributed by atoms with Crippen molar-refractivity contribution in [1.82, 2.24) is 4.72 Å². The molecule has 0 aliphatic carbocycles. The van der Waals surface area contributed by atoms with E-state index in [1.807, 2.05) is 13.8 Å². The molecule has 0 saturated carbocycles. The van der Waals surface area contributed by atoms with Crippen LogP contribution in [0.25, 0.3) is 0 Å². The van der Waals surface area contributed by atoms with E-state index in [0.717, 1.165) is 0 Å². The Bertz CT molecular complexity index is 549. The molecule has 1 rings (SSSR count). The number of hydrogen-bond acceptors (Lipinski definition) is 3.